The first kappa shape index (κ1) is 14.8. The number of nitrogens with one attached hydrogen (secondary N) is 2. The van der Waals surface area contributed by atoms with Gasteiger partial charge in [-0.3, -0.25) is 4.79 Å². The molecule has 4 heteroatoms. The molecule has 2 N–H and O–H groups in total. The van der Waals surface area contributed by atoms with Crippen LogP contribution in [0.1, 0.15) is 55.8 Å². The van der Waals surface area contributed by atoms with Crippen LogP contribution in [0, 0.1) is 5.92 Å². The number of anilines is 1. The van der Waals surface area contributed by atoms with Crippen LogP contribution in [-0.4, -0.2) is 24.0 Å². The Balaban J connectivity index is 1.82. The van der Waals surface area contributed by atoms with E-state index in [0.717, 1.165) is 24.6 Å². The van der Waals surface area contributed by atoms with E-state index in [9.17, 15) is 4.79 Å². The van der Waals surface area contributed by atoms with Gasteiger partial charge < -0.3 is 10.6 Å². The fourth-order valence-electron chi connectivity index (χ4n) is 2.95. The molecule has 1 amide bonds. The van der Waals surface area contributed by atoms with Crippen LogP contribution in [0.25, 0.3) is 0 Å². The number of amides is 1. The van der Waals surface area contributed by atoms with Gasteiger partial charge in [-0.1, -0.05) is 19.8 Å². The zero-order chi connectivity index (χ0) is 14.4. The second-order valence-corrected chi connectivity index (χ2v) is 5.66. The summed E-state index contributed by atoms with van der Waals surface area (Å²) >= 11 is 0. The Hall–Kier alpha value is -1.58. The lowest BCUT2D eigenvalue weighted by Gasteiger charge is -2.28. The summed E-state index contributed by atoms with van der Waals surface area (Å²) in [6.45, 7) is 2.25. The first-order valence-corrected chi connectivity index (χ1v) is 7.67. The van der Waals surface area contributed by atoms with Crippen molar-refractivity contribution in [3.63, 3.8) is 0 Å². The number of aromatic nitrogens is 1. The van der Waals surface area contributed by atoms with Crippen LogP contribution >= 0.6 is 0 Å². The Morgan fingerprint density at radius 2 is 2.05 bits per heavy atom. The maximum atomic E-state index is 12.1. The van der Waals surface area contributed by atoms with Crippen molar-refractivity contribution in [2.24, 2.45) is 5.92 Å². The second kappa shape index (κ2) is 7.27. The molecule has 1 aromatic rings. The SMILES string of the molecule is CCCC1CCC(NC(=O)c2ccc(NC)nc2)CC1. The number of rotatable bonds is 5. The van der Waals surface area contributed by atoms with Gasteiger partial charge in [0.2, 0.25) is 0 Å². The predicted molar refractivity (Wildman–Crippen MR) is 81.9 cm³/mol. The Kier molecular flexibility index (Phi) is 5.39. The standard InChI is InChI=1S/C16H25N3O/c1-3-4-12-5-8-14(9-6-12)19-16(20)13-7-10-15(17-2)18-11-13/h7,10-12,14H,3-6,8-9H2,1-2H3,(H,17,18)(H,19,20). The summed E-state index contributed by atoms with van der Waals surface area (Å²) in [5, 5.41) is 6.08. The molecule has 0 radical (unpaired) electrons. The van der Waals surface area contributed by atoms with Gasteiger partial charge in [-0.2, -0.15) is 0 Å². The van der Waals surface area contributed by atoms with Crippen LogP contribution in [0.15, 0.2) is 18.3 Å². The highest BCUT2D eigenvalue weighted by Gasteiger charge is 2.22. The monoisotopic (exact) mass is 275 g/mol. The molecule has 2 rings (SSSR count). The molecule has 0 atom stereocenters. The van der Waals surface area contributed by atoms with E-state index >= 15 is 0 Å². The van der Waals surface area contributed by atoms with E-state index in [0.29, 0.717) is 11.6 Å². The van der Waals surface area contributed by atoms with Gasteiger partial charge in [-0.15, -0.1) is 0 Å². The lowest BCUT2D eigenvalue weighted by Crippen LogP contribution is -2.37. The number of nitrogens with zero attached hydrogens (tertiary/aromatic N) is 1. The highest BCUT2D eigenvalue weighted by atomic mass is 16.1. The van der Waals surface area contributed by atoms with Crippen molar-refractivity contribution in [1.82, 2.24) is 10.3 Å². The molecule has 1 saturated carbocycles. The van der Waals surface area contributed by atoms with E-state index in [1.807, 2.05) is 19.2 Å². The smallest absolute Gasteiger partial charge is 0.253 e. The lowest BCUT2D eigenvalue weighted by atomic mass is 9.83. The maximum Gasteiger partial charge on any atom is 0.253 e. The summed E-state index contributed by atoms with van der Waals surface area (Å²) in [5.74, 6) is 1.64. The fourth-order valence-corrected chi connectivity index (χ4v) is 2.95. The molecule has 0 saturated heterocycles. The molecule has 1 aliphatic rings. The first-order chi connectivity index (χ1) is 9.72. The highest BCUT2D eigenvalue weighted by Crippen LogP contribution is 2.27. The zero-order valence-electron chi connectivity index (χ0n) is 12.5. The normalized spacial score (nSPS) is 22.3. The third kappa shape index (κ3) is 3.95. The summed E-state index contributed by atoms with van der Waals surface area (Å²) in [5.41, 5.74) is 0.639. The molecule has 0 aliphatic heterocycles. The van der Waals surface area contributed by atoms with Crippen LogP contribution in [0.2, 0.25) is 0 Å². The minimum atomic E-state index is -0.000838. The lowest BCUT2D eigenvalue weighted by molar-refractivity contribution is 0.0921. The van der Waals surface area contributed by atoms with Gasteiger partial charge >= 0.3 is 0 Å². The van der Waals surface area contributed by atoms with Crippen LogP contribution in [0.4, 0.5) is 5.82 Å². The summed E-state index contributed by atoms with van der Waals surface area (Å²) in [7, 11) is 1.82. The Bertz CT molecular complexity index is 422. The third-order valence-corrected chi connectivity index (χ3v) is 4.16. The quantitative estimate of drug-likeness (QED) is 0.867. The van der Waals surface area contributed by atoms with Gasteiger partial charge in [0.05, 0.1) is 5.56 Å². The maximum absolute atomic E-state index is 12.1. The van der Waals surface area contributed by atoms with Crippen molar-refractivity contribution in [2.75, 3.05) is 12.4 Å². The molecule has 0 spiro atoms. The van der Waals surface area contributed by atoms with Gasteiger partial charge in [0.25, 0.3) is 5.91 Å². The average molecular weight is 275 g/mol. The molecular weight excluding hydrogens is 250 g/mol. The van der Waals surface area contributed by atoms with E-state index in [2.05, 4.69) is 22.5 Å². The van der Waals surface area contributed by atoms with Crippen molar-refractivity contribution < 1.29 is 4.79 Å². The van der Waals surface area contributed by atoms with Crippen LogP contribution < -0.4 is 10.6 Å². The number of pyridine rings is 1. The summed E-state index contributed by atoms with van der Waals surface area (Å²) in [4.78, 5) is 16.3. The molecular formula is C16H25N3O. The molecule has 4 nitrogen and oxygen atoms in total. The van der Waals surface area contributed by atoms with Crippen molar-refractivity contribution in [3.8, 4) is 0 Å². The number of hydrogen-bond acceptors (Lipinski definition) is 3. The molecule has 0 unspecified atom stereocenters. The largest absolute Gasteiger partial charge is 0.373 e. The van der Waals surface area contributed by atoms with E-state index in [1.54, 1.807) is 6.20 Å². The van der Waals surface area contributed by atoms with Gasteiger partial charge in [-0.05, 0) is 43.7 Å². The predicted octanol–water partition coefficient (Wildman–Crippen LogP) is 3.21. The van der Waals surface area contributed by atoms with E-state index in [1.165, 1.54) is 25.7 Å². The minimum absolute atomic E-state index is 0.000838. The van der Waals surface area contributed by atoms with E-state index in [-0.39, 0.29) is 5.91 Å². The minimum Gasteiger partial charge on any atom is -0.373 e. The van der Waals surface area contributed by atoms with Gasteiger partial charge in [-0.25, -0.2) is 4.98 Å². The van der Waals surface area contributed by atoms with Crippen molar-refractivity contribution in [2.45, 2.75) is 51.5 Å². The number of hydrogen-bond donors (Lipinski definition) is 2. The topological polar surface area (TPSA) is 54.0 Å². The van der Waals surface area contributed by atoms with Crippen molar-refractivity contribution in [3.05, 3.63) is 23.9 Å². The van der Waals surface area contributed by atoms with Crippen LogP contribution in [-0.2, 0) is 0 Å². The number of carbonyl (C=O) groups excluding carboxylic acids is 1. The molecule has 110 valence electrons. The third-order valence-electron chi connectivity index (χ3n) is 4.16. The Morgan fingerprint density at radius 3 is 2.60 bits per heavy atom. The number of carbonyl (C=O) groups is 1. The van der Waals surface area contributed by atoms with Gasteiger partial charge in [0.15, 0.2) is 0 Å². The Labute approximate surface area is 121 Å². The summed E-state index contributed by atoms with van der Waals surface area (Å²) < 4.78 is 0. The summed E-state index contributed by atoms with van der Waals surface area (Å²) in [6.07, 6.45) is 8.94. The highest BCUT2D eigenvalue weighted by molar-refractivity contribution is 5.94. The molecule has 1 aromatic heterocycles. The van der Waals surface area contributed by atoms with Crippen molar-refractivity contribution >= 4 is 11.7 Å². The molecule has 0 bridgehead atoms. The summed E-state index contributed by atoms with van der Waals surface area (Å²) in [6, 6.07) is 3.98. The molecule has 1 aliphatic carbocycles. The molecule has 20 heavy (non-hydrogen) atoms. The zero-order valence-corrected chi connectivity index (χ0v) is 12.5. The average Bonchev–Trinajstić information content (AvgIpc) is 2.49. The van der Waals surface area contributed by atoms with E-state index < -0.39 is 0 Å². The Morgan fingerprint density at radius 1 is 1.30 bits per heavy atom. The van der Waals surface area contributed by atoms with Crippen LogP contribution in [0.5, 0.6) is 0 Å². The molecule has 1 heterocycles. The van der Waals surface area contributed by atoms with Crippen molar-refractivity contribution in [1.29, 1.82) is 0 Å². The van der Waals surface area contributed by atoms with Crippen LogP contribution in [0.3, 0.4) is 0 Å². The van der Waals surface area contributed by atoms with E-state index in [4.69, 9.17) is 0 Å². The second-order valence-electron chi connectivity index (χ2n) is 5.66. The first-order valence-electron chi connectivity index (χ1n) is 7.67. The molecule has 1 fully saturated rings. The van der Waals surface area contributed by atoms with Gasteiger partial charge in [0.1, 0.15) is 5.82 Å². The van der Waals surface area contributed by atoms with Gasteiger partial charge in [0, 0.05) is 19.3 Å². The fraction of sp³-hybridized carbons (Fsp3) is 0.625. The molecule has 0 aromatic carbocycles.